The van der Waals surface area contributed by atoms with Crippen molar-refractivity contribution >= 4 is 28.8 Å². The second kappa shape index (κ2) is 10.8. The molecule has 0 saturated carbocycles. The molecule has 7 heteroatoms. The quantitative estimate of drug-likeness (QED) is 0.281. The van der Waals surface area contributed by atoms with Gasteiger partial charge in [0.1, 0.15) is 17.9 Å². The van der Waals surface area contributed by atoms with Gasteiger partial charge in [-0.25, -0.2) is 9.97 Å². The largest absolute Gasteiger partial charge is 0.497 e. The summed E-state index contributed by atoms with van der Waals surface area (Å²) in [5.41, 5.74) is 5.02. The average Bonchev–Trinajstić information content (AvgIpc) is 3.41. The van der Waals surface area contributed by atoms with E-state index in [0.29, 0.717) is 26.2 Å². The van der Waals surface area contributed by atoms with Gasteiger partial charge >= 0.3 is 0 Å². The van der Waals surface area contributed by atoms with Gasteiger partial charge in [-0.1, -0.05) is 60.7 Å². The molecule has 0 atom stereocenters. The third-order valence-corrected chi connectivity index (χ3v) is 7.11. The molecule has 0 bridgehead atoms. The van der Waals surface area contributed by atoms with E-state index in [-0.39, 0.29) is 5.91 Å². The number of carbonyl (C=O) groups is 1. The number of anilines is 1. The van der Waals surface area contributed by atoms with Crippen LogP contribution in [-0.2, 0) is 4.79 Å². The molecule has 1 amide bonds. The van der Waals surface area contributed by atoms with Crippen molar-refractivity contribution < 1.29 is 9.53 Å². The van der Waals surface area contributed by atoms with Crippen LogP contribution < -0.4 is 9.64 Å². The van der Waals surface area contributed by atoms with Crippen LogP contribution in [0.2, 0.25) is 0 Å². The molecule has 7 nitrogen and oxygen atoms in total. The van der Waals surface area contributed by atoms with Crippen molar-refractivity contribution in [3.63, 3.8) is 0 Å². The second-order valence-electron chi connectivity index (χ2n) is 9.43. The molecule has 1 aliphatic rings. The van der Waals surface area contributed by atoms with E-state index in [0.717, 1.165) is 45.0 Å². The minimum absolute atomic E-state index is 0.0296. The van der Waals surface area contributed by atoms with Crippen molar-refractivity contribution in [3.05, 3.63) is 109 Å². The first-order valence-corrected chi connectivity index (χ1v) is 13.0. The first-order valence-electron chi connectivity index (χ1n) is 13.0. The lowest BCUT2D eigenvalue weighted by atomic mass is 10.1. The molecule has 0 N–H and O–H groups in total. The Morgan fingerprint density at radius 2 is 1.54 bits per heavy atom. The standard InChI is InChI=1S/C32H29N5O2/c1-39-27-15-13-26(14-16-27)37-22-28(25-10-6-3-7-11-25)30-31(33-23-34-32(30)37)36-20-18-35(19-21-36)29(38)17-12-24-8-4-2-5-9-24/h2-17,22-23H,18-21H2,1H3/b17-12+. The Kier molecular flexibility index (Phi) is 6.78. The summed E-state index contributed by atoms with van der Waals surface area (Å²) in [5.74, 6) is 1.72. The molecule has 6 rings (SSSR count). The van der Waals surface area contributed by atoms with Crippen LogP contribution in [0.15, 0.2) is 104 Å². The van der Waals surface area contributed by atoms with Gasteiger partial charge in [-0.2, -0.15) is 0 Å². The lowest BCUT2D eigenvalue weighted by molar-refractivity contribution is -0.126. The van der Waals surface area contributed by atoms with E-state index < -0.39 is 0 Å². The van der Waals surface area contributed by atoms with E-state index >= 15 is 0 Å². The maximum absolute atomic E-state index is 12.9. The third-order valence-electron chi connectivity index (χ3n) is 7.11. The van der Waals surface area contributed by atoms with Gasteiger partial charge < -0.3 is 19.1 Å². The predicted octanol–water partition coefficient (Wildman–Crippen LogP) is 5.46. The van der Waals surface area contributed by atoms with Gasteiger partial charge in [0.2, 0.25) is 5.91 Å². The first-order chi connectivity index (χ1) is 19.2. The maximum Gasteiger partial charge on any atom is 0.246 e. The van der Waals surface area contributed by atoms with Gasteiger partial charge in [0.15, 0.2) is 5.65 Å². The smallest absolute Gasteiger partial charge is 0.246 e. The van der Waals surface area contributed by atoms with Crippen LogP contribution in [0.1, 0.15) is 5.56 Å². The molecule has 0 unspecified atom stereocenters. The van der Waals surface area contributed by atoms with Crippen LogP contribution >= 0.6 is 0 Å². The Morgan fingerprint density at radius 1 is 0.846 bits per heavy atom. The number of benzene rings is 3. The van der Waals surface area contributed by atoms with Crippen LogP contribution in [0.5, 0.6) is 5.75 Å². The monoisotopic (exact) mass is 515 g/mol. The molecule has 1 fully saturated rings. The van der Waals surface area contributed by atoms with Gasteiger partial charge in [-0.15, -0.1) is 0 Å². The number of methoxy groups -OCH3 is 1. The summed E-state index contributed by atoms with van der Waals surface area (Å²) in [7, 11) is 1.67. The molecule has 1 saturated heterocycles. The van der Waals surface area contributed by atoms with E-state index in [1.165, 1.54) is 0 Å². The van der Waals surface area contributed by atoms with E-state index in [1.807, 2.05) is 83.8 Å². The zero-order chi connectivity index (χ0) is 26.6. The molecule has 2 aromatic heterocycles. The topological polar surface area (TPSA) is 63.5 Å². The van der Waals surface area contributed by atoms with Crippen LogP contribution in [-0.4, -0.2) is 58.6 Å². The van der Waals surface area contributed by atoms with Crippen LogP contribution in [0.3, 0.4) is 0 Å². The summed E-state index contributed by atoms with van der Waals surface area (Å²) in [4.78, 5) is 26.5. The number of carbonyl (C=O) groups excluding carboxylic acids is 1. The Labute approximate surface area is 227 Å². The normalized spacial score (nSPS) is 13.8. The third kappa shape index (κ3) is 4.99. The van der Waals surface area contributed by atoms with E-state index in [1.54, 1.807) is 19.5 Å². The Balaban J connectivity index is 1.31. The van der Waals surface area contributed by atoms with Gasteiger partial charge in [0, 0.05) is 49.7 Å². The Hall–Kier alpha value is -4.91. The van der Waals surface area contributed by atoms with Gasteiger partial charge in [0.05, 0.1) is 12.5 Å². The van der Waals surface area contributed by atoms with E-state index in [9.17, 15) is 4.79 Å². The van der Waals surface area contributed by atoms with Crippen molar-refractivity contribution in [1.82, 2.24) is 19.4 Å². The fourth-order valence-corrected chi connectivity index (χ4v) is 5.04. The highest BCUT2D eigenvalue weighted by molar-refractivity contribution is 6.02. The first kappa shape index (κ1) is 24.4. The number of piperazine rings is 1. The predicted molar refractivity (Wildman–Crippen MR) is 155 cm³/mol. The molecule has 3 heterocycles. The summed E-state index contributed by atoms with van der Waals surface area (Å²) in [6.45, 7) is 2.64. The van der Waals surface area contributed by atoms with Gasteiger partial charge in [0.25, 0.3) is 0 Å². The zero-order valence-electron chi connectivity index (χ0n) is 21.8. The molecular weight excluding hydrogens is 486 g/mol. The molecule has 5 aromatic rings. The molecule has 3 aromatic carbocycles. The Morgan fingerprint density at radius 3 is 2.23 bits per heavy atom. The van der Waals surface area contributed by atoms with Crippen molar-refractivity contribution in [2.75, 3.05) is 38.2 Å². The number of nitrogens with zero attached hydrogens (tertiary/aromatic N) is 5. The number of aromatic nitrogens is 3. The second-order valence-corrected chi connectivity index (χ2v) is 9.43. The van der Waals surface area contributed by atoms with Crippen molar-refractivity contribution in [3.8, 4) is 22.6 Å². The number of rotatable bonds is 6. The molecule has 0 radical (unpaired) electrons. The van der Waals surface area contributed by atoms with Gasteiger partial charge in [-0.3, -0.25) is 4.79 Å². The van der Waals surface area contributed by atoms with Gasteiger partial charge in [-0.05, 0) is 41.5 Å². The summed E-state index contributed by atoms with van der Waals surface area (Å²) in [6, 6.07) is 28.2. The van der Waals surface area contributed by atoms with Crippen molar-refractivity contribution in [2.24, 2.45) is 0 Å². The molecule has 194 valence electrons. The fraction of sp³-hybridized carbons (Fsp3) is 0.156. The van der Waals surface area contributed by atoms with E-state index in [2.05, 4.69) is 27.8 Å². The van der Waals surface area contributed by atoms with E-state index in [4.69, 9.17) is 14.7 Å². The summed E-state index contributed by atoms with van der Waals surface area (Å²) >= 11 is 0. The SMILES string of the molecule is COc1ccc(-n2cc(-c3ccccc3)c3c(N4CCN(C(=O)/C=C/c5ccccc5)CC4)ncnc32)cc1. The molecule has 0 spiro atoms. The molecular formula is C32H29N5O2. The number of amides is 1. The molecule has 39 heavy (non-hydrogen) atoms. The minimum atomic E-state index is 0.0296. The van der Waals surface area contributed by atoms with Crippen molar-refractivity contribution in [1.29, 1.82) is 0 Å². The molecule has 0 aliphatic carbocycles. The highest BCUT2D eigenvalue weighted by atomic mass is 16.5. The maximum atomic E-state index is 12.9. The number of ether oxygens (including phenoxy) is 1. The lowest BCUT2D eigenvalue weighted by Gasteiger charge is -2.35. The summed E-state index contributed by atoms with van der Waals surface area (Å²) in [6.07, 6.45) is 7.30. The van der Waals surface area contributed by atoms with Crippen molar-refractivity contribution in [2.45, 2.75) is 0 Å². The minimum Gasteiger partial charge on any atom is -0.497 e. The summed E-state index contributed by atoms with van der Waals surface area (Å²) in [5, 5.41) is 1.00. The highest BCUT2D eigenvalue weighted by Crippen LogP contribution is 2.37. The highest BCUT2D eigenvalue weighted by Gasteiger charge is 2.25. The Bertz CT molecular complexity index is 1600. The molecule has 1 aliphatic heterocycles. The lowest BCUT2D eigenvalue weighted by Crippen LogP contribution is -2.48. The van der Waals surface area contributed by atoms with Crippen LogP contribution in [0.4, 0.5) is 5.82 Å². The fourth-order valence-electron chi connectivity index (χ4n) is 5.04. The summed E-state index contributed by atoms with van der Waals surface area (Å²) < 4.78 is 7.46. The van der Waals surface area contributed by atoms with Crippen LogP contribution in [0, 0.1) is 0 Å². The number of fused-ring (bicyclic) bond motifs is 1. The van der Waals surface area contributed by atoms with Crippen LogP contribution in [0.25, 0.3) is 33.9 Å². The average molecular weight is 516 g/mol. The number of hydrogen-bond donors (Lipinski definition) is 0. The number of hydrogen-bond acceptors (Lipinski definition) is 5. The zero-order valence-corrected chi connectivity index (χ0v) is 21.8.